The van der Waals surface area contributed by atoms with Crippen LogP contribution in [-0.4, -0.2) is 52.6 Å². The molecule has 7 heteroatoms. The van der Waals surface area contributed by atoms with Crippen LogP contribution in [0.3, 0.4) is 0 Å². The van der Waals surface area contributed by atoms with Crippen molar-refractivity contribution in [2.45, 2.75) is 57.4 Å². The quantitative estimate of drug-likeness (QED) is 0.725. The van der Waals surface area contributed by atoms with Crippen LogP contribution in [0.2, 0.25) is 0 Å². The van der Waals surface area contributed by atoms with Gasteiger partial charge in [-0.2, -0.15) is 0 Å². The van der Waals surface area contributed by atoms with Crippen LogP contribution in [0, 0.1) is 23.2 Å². The van der Waals surface area contributed by atoms with E-state index >= 15 is 0 Å². The zero-order valence-corrected chi connectivity index (χ0v) is 18.8. The molecule has 4 aliphatic carbocycles. The van der Waals surface area contributed by atoms with E-state index in [1.165, 1.54) is 38.5 Å². The molecule has 7 nitrogen and oxygen atoms in total. The van der Waals surface area contributed by atoms with Crippen molar-refractivity contribution in [1.82, 2.24) is 19.6 Å². The van der Waals surface area contributed by atoms with Gasteiger partial charge in [-0.3, -0.25) is 4.40 Å². The second kappa shape index (κ2) is 8.03. The fourth-order valence-electron chi connectivity index (χ4n) is 7.48. The Morgan fingerprint density at radius 1 is 1.19 bits per heavy atom. The molecule has 2 aromatic rings. The lowest BCUT2D eigenvalue weighted by molar-refractivity contribution is -0.0503. The van der Waals surface area contributed by atoms with Crippen molar-refractivity contribution < 1.29 is 9.53 Å². The fourth-order valence-corrected chi connectivity index (χ4v) is 7.48. The van der Waals surface area contributed by atoms with Crippen LogP contribution in [0.15, 0.2) is 24.4 Å². The number of nitrogens with zero attached hydrogens (tertiary/aromatic N) is 3. The summed E-state index contributed by atoms with van der Waals surface area (Å²) < 4.78 is 7.63. The minimum atomic E-state index is -0.352. The minimum absolute atomic E-state index is 0.299. The summed E-state index contributed by atoms with van der Waals surface area (Å²) >= 11 is 0. The van der Waals surface area contributed by atoms with Crippen molar-refractivity contribution in [3.8, 4) is 5.88 Å². The lowest BCUT2D eigenvalue weighted by atomic mass is 9.49. The maximum atomic E-state index is 12.7. The van der Waals surface area contributed by atoms with Crippen LogP contribution in [0.5, 0.6) is 5.88 Å². The van der Waals surface area contributed by atoms with Gasteiger partial charge in [0.25, 0.3) is 0 Å². The molecular formula is C25H35N5O2. The molecule has 4 bridgehead atoms. The van der Waals surface area contributed by atoms with E-state index in [1.807, 2.05) is 28.8 Å². The number of carbonyl (C=O) groups excluding carboxylic acids is 1. The van der Waals surface area contributed by atoms with E-state index in [9.17, 15) is 4.79 Å². The van der Waals surface area contributed by atoms with Gasteiger partial charge < -0.3 is 20.7 Å². The van der Waals surface area contributed by atoms with E-state index in [4.69, 9.17) is 15.5 Å². The zero-order valence-electron chi connectivity index (χ0n) is 18.8. The first-order chi connectivity index (χ1) is 15.5. The molecule has 0 aromatic carbocycles. The number of carbonyl (C=O) groups is 1. The van der Waals surface area contributed by atoms with Crippen LogP contribution in [0.1, 0.15) is 50.6 Å². The van der Waals surface area contributed by atoms with Crippen LogP contribution in [0.25, 0.3) is 5.65 Å². The molecule has 4 saturated carbocycles. The lowest BCUT2D eigenvalue weighted by Crippen LogP contribution is -2.51. The van der Waals surface area contributed by atoms with Crippen LogP contribution < -0.4 is 15.8 Å². The maximum Gasteiger partial charge on any atom is 0.413 e. The van der Waals surface area contributed by atoms with Gasteiger partial charge in [0.1, 0.15) is 5.65 Å². The number of hydrogen-bond acceptors (Lipinski definition) is 5. The minimum Gasteiger partial charge on any atom is -0.393 e. The molecule has 3 heterocycles. The van der Waals surface area contributed by atoms with Crippen molar-refractivity contribution >= 4 is 11.7 Å². The molecule has 0 unspecified atom stereocenters. The van der Waals surface area contributed by atoms with Gasteiger partial charge in [-0.1, -0.05) is 6.07 Å². The topological polar surface area (TPSA) is 84.9 Å². The predicted molar refractivity (Wildman–Crippen MR) is 123 cm³/mol. The Morgan fingerprint density at radius 2 is 1.94 bits per heavy atom. The van der Waals surface area contributed by atoms with Gasteiger partial charge >= 0.3 is 6.09 Å². The molecule has 5 aliphatic rings. The second-order valence-electron chi connectivity index (χ2n) is 11.1. The van der Waals surface area contributed by atoms with Crippen LogP contribution in [-0.2, 0) is 6.42 Å². The first-order valence-electron chi connectivity index (χ1n) is 12.4. The summed E-state index contributed by atoms with van der Waals surface area (Å²) in [4.78, 5) is 19.8. The van der Waals surface area contributed by atoms with Crippen molar-refractivity contribution in [1.29, 1.82) is 0 Å². The fraction of sp³-hybridized carbons (Fsp3) is 0.680. The normalized spacial score (nSPS) is 33.8. The molecular weight excluding hydrogens is 402 g/mol. The summed E-state index contributed by atoms with van der Waals surface area (Å²) in [6.45, 7) is 3.73. The average Bonchev–Trinajstić information content (AvgIpc) is 3.36. The first-order valence-corrected chi connectivity index (χ1v) is 12.4. The summed E-state index contributed by atoms with van der Waals surface area (Å²) in [6.07, 6.45) is 11.7. The highest BCUT2D eigenvalue weighted by atomic mass is 16.6. The van der Waals surface area contributed by atoms with Crippen molar-refractivity contribution in [3.05, 3.63) is 30.1 Å². The number of nitrogens with two attached hydrogens (primary N) is 1. The van der Waals surface area contributed by atoms with E-state index in [2.05, 4.69) is 10.2 Å². The molecule has 5 fully saturated rings. The summed E-state index contributed by atoms with van der Waals surface area (Å²) in [5.41, 5.74) is 8.14. The molecule has 0 radical (unpaired) electrons. The van der Waals surface area contributed by atoms with E-state index < -0.39 is 0 Å². The van der Waals surface area contributed by atoms with Gasteiger partial charge in [0.05, 0.1) is 5.69 Å². The Hall–Kier alpha value is -2.12. The highest BCUT2D eigenvalue weighted by Gasteiger charge is 2.50. The third kappa shape index (κ3) is 4.01. The number of hydrogen-bond donors (Lipinski definition) is 2. The Balaban J connectivity index is 1.08. The molecule has 0 spiro atoms. The van der Waals surface area contributed by atoms with E-state index in [0.29, 0.717) is 17.3 Å². The van der Waals surface area contributed by atoms with E-state index in [0.717, 1.165) is 68.1 Å². The average molecular weight is 438 g/mol. The number of pyridine rings is 1. The molecule has 1 saturated heterocycles. The first kappa shape index (κ1) is 20.5. The highest BCUT2D eigenvalue weighted by Crippen LogP contribution is 2.59. The smallest absolute Gasteiger partial charge is 0.393 e. The van der Waals surface area contributed by atoms with Gasteiger partial charge in [0, 0.05) is 38.3 Å². The van der Waals surface area contributed by atoms with Crippen molar-refractivity contribution in [3.63, 3.8) is 0 Å². The summed E-state index contributed by atoms with van der Waals surface area (Å²) in [6, 6.07) is 5.98. The monoisotopic (exact) mass is 437 g/mol. The van der Waals surface area contributed by atoms with Gasteiger partial charge in [-0.25, -0.2) is 9.78 Å². The number of fused-ring (bicyclic) bond motifs is 1. The van der Waals surface area contributed by atoms with Crippen molar-refractivity contribution in [2.75, 3.05) is 26.2 Å². The van der Waals surface area contributed by atoms with E-state index in [1.54, 1.807) is 0 Å². The summed E-state index contributed by atoms with van der Waals surface area (Å²) in [5.74, 6) is 3.17. The van der Waals surface area contributed by atoms with Gasteiger partial charge in [-0.15, -0.1) is 0 Å². The number of amides is 1. The molecule has 1 amide bonds. The Kier molecular flexibility index (Phi) is 5.14. The summed E-state index contributed by atoms with van der Waals surface area (Å²) in [7, 11) is 0. The second-order valence-corrected chi connectivity index (χ2v) is 11.1. The number of nitrogens with one attached hydrogen (secondary N) is 1. The number of aromatic nitrogens is 2. The predicted octanol–water partition coefficient (Wildman–Crippen LogP) is 3.21. The van der Waals surface area contributed by atoms with E-state index in [-0.39, 0.29) is 6.09 Å². The highest BCUT2D eigenvalue weighted by molar-refractivity contribution is 5.70. The van der Waals surface area contributed by atoms with Crippen molar-refractivity contribution in [2.24, 2.45) is 28.9 Å². The molecule has 1 aliphatic heterocycles. The largest absolute Gasteiger partial charge is 0.413 e. The third-order valence-corrected chi connectivity index (χ3v) is 8.47. The summed E-state index contributed by atoms with van der Waals surface area (Å²) in [5, 5.41) is 3.11. The SMILES string of the molecule is N[C@@H]1CCN(CCc2cn3c(OC(=O)NCC45CC6CC(CC(C6)C4)C5)cccc3n2)C1. The molecule has 172 valence electrons. The number of rotatable bonds is 6. The molecule has 3 N–H and O–H groups in total. The molecule has 1 atom stereocenters. The molecule has 32 heavy (non-hydrogen) atoms. The van der Waals surface area contributed by atoms with Crippen LogP contribution >= 0.6 is 0 Å². The van der Waals surface area contributed by atoms with Gasteiger partial charge in [-0.05, 0) is 86.8 Å². The number of likely N-dealkylation sites (tertiary alicyclic amines) is 1. The van der Waals surface area contributed by atoms with Gasteiger partial charge in [0.15, 0.2) is 0 Å². The van der Waals surface area contributed by atoms with Crippen LogP contribution in [0.4, 0.5) is 4.79 Å². The van der Waals surface area contributed by atoms with Gasteiger partial charge in [0.2, 0.25) is 5.88 Å². The molecule has 7 rings (SSSR count). The standard InChI is InChI=1S/C25H35N5O2/c26-20-4-6-29(14-20)7-5-21-15-30-22(28-21)2-1-3-23(30)32-24(31)27-16-25-11-17-8-18(12-25)10-19(9-17)13-25/h1-3,15,17-20H,4-14,16,26H2,(H,27,31)/t17?,18?,19?,20-,25?/m1/s1. The lowest BCUT2D eigenvalue weighted by Gasteiger charge is -2.56. The molecule has 2 aromatic heterocycles. The third-order valence-electron chi connectivity index (χ3n) is 8.47. The number of ether oxygens (including phenoxy) is 1. The Morgan fingerprint density at radius 3 is 2.62 bits per heavy atom. The zero-order chi connectivity index (χ0) is 21.7. The number of imidazole rings is 1. The Bertz CT molecular complexity index is 966. The maximum absolute atomic E-state index is 12.7. The Labute approximate surface area is 189 Å².